The van der Waals surface area contributed by atoms with Crippen LogP contribution in [0.4, 0.5) is 4.79 Å². The van der Waals surface area contributed by atoms with Crippen molar-refractivity contribution in [3.8, 4) is 11.1 Å². The van der Waals surface area contributed by atoms with Gasteiger partial charge in [-0.1, -0.05) is 76.6 Å². The zero-order valence-corrected chi connectivity index (χ0v) is 18.7. The zero-order chi connectivity index (χ0) is 21.4. The molecular weight excluding hydrogens is 454 g/mol. The highest BCUT2D eigenvalue weighted by molar-refractivity contribution is 9.10. The van der Waals surface area contributed by atoms with E-state index in [4.69, 9.17) is 4.74 Å². The summed E-state index contributed by atoms with van der Waals surface area (Å²) < 4.78 is 6.75. The van der Waals surface area contributed by atoms with E-state index >= 15 is 0 Å². The lowest BCUT2D eigenvalue weighted by molar-refractivity contribution is -0.0250. The molecule has 1 heterocycles. The molecule has 5 heteroatoms. The van der Waals surface area contributed by atoms with Gasteiger partial charge >= 0.3 is 6.09 Å². The fourth-order valence-corrected chi connectivity index (χ4v) is 5.06. The molecule has 5 rings (SSSR count). The minimum atomic E-state index is -0.902. The van der Waals surface area contributed by atoms with Crippen LogP contribution in [0.1, 0.15) is 35.4 Å². The van der Waals surface area contributed by atoms with E-state index in [1.165, 1.54) is 22.3 Å². The first kappa shape index (κ1) is 20.3. The number of likely N-dealkylation sites (tertiary alicyclic amines) is 1. The normalized spacial score (nSPS) is 17.2. The van der Waals surface area contributed by atoms with Crippen LogP contribution in [-0.2, 0) is 10.3 Å². The summed E-state index contributed by atoms with van der Waals surface area (Å²) in [5, 5.41) is 11.1. The Morgan fingerprint density at radius 1 is 0.935 bits per heavy atom. The minimum absolute atomic E-state index is 0.0563. The summed E-state index contributed by atoms with van der Waals surface area (Å²) in [4.78, 5) is 14.5. The van der Waals surface area contributed by atoms with Crippen LogP contribution in [0, 0.1) is 0 Å². The number of hydrogen-bond donors (Lipinski definition) is 1. The quantitative estimate of drug-likeness (QED) is 0.527. The molecule has 0 saturated carbocycles. The molecule has 1 N–H and O–H groups in total. The topological polar surface area (TPSA) is 49.8 Å². The van der Waals surface area contributed by atoms with Gasteiger partial charge in [0.2, 0.25) is 0 Å². The molecule has 2 aliphatic rings. The van der Waals surface area contributed by atoms with Crippen molar-refractivity contribution in [1.29, 1.82) is 0 Å². The SMILES string of the molecule is O=C(OCC1c2ccccc2-c2ccccc21)N1CCC(O)(c2ccc(Br)cc2)CC1. The van der Waals surface area contributed by atoms with E-state index in [0.29, 0.717) is 32.5 Å². The maximum absolute atomic E-state index is 12.8. The van der Waals surface area contributed by atoms with Crippen LogP contribution in [0.15, 0.2) is 77.3 Å². The molecule has 1 aliphatic heterocycles. The smallest absolute Gasteiger partial charge is 0.409 e. The lowest BCUT2D eigenvalue weighted by Gasteiger charge is -2.38. The standard InChI is InChI=1S/C26H24BrNO3/c27-19-11-9-18(10-12-19)26(30)13-15-28(16-14-26)25(29)31-17-24-22-7-3-1-5-20(22)21-6-2-4-8-23(21)24/h1-12,24,30H,13-17H2. The molecule has 1 fully saturated rings. The van der Waals surface area contributed by atoms with Crippen molar-refractivity contribution in [2.45, 2.75) is 24.4 Å². The van der Waals surface area contributed by atoms with E-state index in [2.05, 4.69) is 40.2 Å². The van der Waals surface area contributed by atoms with Crippen LogP contribution in [-0.4, -0.2) is 35.8 Å². The Kier molecular flexibility index (Phi) is 5.32. The Labute approximate surface area is 190 Å². The van der Waals surface area contributed by atoms with Gasteiger partial charge in [0.15, 0.2) is 0 Å². The van der Waals surface area contributed by atoms with E-state index in [1.807, 2.05) is 48.5 Å². The van der Waals surface area contributed by atoms with Crippen LogP contribution in [0.25, 0.3) is 11.1 Å². The van der Waals surface area contributed by atoms with Crippen LogP contribution in [0.2, 0.25) is 0 Å². The summed E-state index contributed by atoms with van der Waals surface area (Å²) >= 11 is 3.43. The van der Waals surface area contributed by atoms with Gasteiger partial charge in [0.1, 0.15) is 6.61 Å². The molecule has 3 aromatic rings. The first-order chi connectivity index (χ1) is 15.0. The number of rotatable bonds is 3. The number of piperidine rings is 1. The predicted molar refractivity (Wildman–Crippen MR) is 124 cm³/mol. The number of benzene rings is 3. The predicted octanol–water partition coefficient (Wildman–Crippen LogP) is 5.68. The Morgan fingerprint density at radius 2 is 1.48 bits per heavy atom. The number of ether oxygens (including phenoxy) is 1. The van der Waals surface area contributed by atoms with Gasteiger partial charge in [0.25, 0.3) is 0 Å². The molecule has 1 amide bonds. The average molecular weight is 478 g/mol. The Bertz CT molecular complexity index is 1060. The van der Waals surface area contributed by atoms with Gasteiger partial charge in [-0.2, -0.15) is 0 Å². The van der Waals surface area contributed by atoms with Crippen LogP contribution in [0.5, 0.6) is 0 Å². The van der Waals surface area contributed by atoms with Crippen LogP contribution >= 0.6 is 15.9 Å². The van der Waals surface area contributed by atoms with E-state index < -0.39 is 5.60 Å². The number of aliphatic hydroxyl groups is 1. The van der Waals surface area contributed by atoms with Crippen molar-refractivity contribution in [2.75, 3.05) is 19.7 Å². The third-order valence-corrected chi connectivity index (χ3v) is 7.10. The van der Waals surface area contributed by atoms with Gasteiger partial charge in [-0.05, 0) is 52.8 Å². The zero-order valence-electron chi connectivity index (χ0n) is 17.1. The molecule has 31 heavy (non-hydrogen) atoms. The summed E-state index contributed by atoms with van der Waals surface area (Å²) in [5.74, 6) is 0.0563. The molecule has 0 unspecified atom stereocenters. The van der Waals surface area contributed by atoms with Gasteiger partial charge in [-0.3, -0.25) is 0 Å². The Hall–Kier alpha value is -2.63. The molecule has 4 nitrogen and oxygen atoms in total. The second kappa shape index (κ2) is 8.13. The monoisotopic (exact) mass is 477 g/mol. The summed E-state index contributed by atoms with van der Waals surface area (Å²) in [6, 6.07) is 24.4. The third kappa shape index (κ3) is 3.77. The molecule has 3 aromatic carbocycles. The average Bonchev–Trinajstić information content (AvgIpc) is 3.12. The van der Waals surface area contributed by atoms with Crippen molar-refractivity contribution in [1.82, 2.24) is 4.90 Å². The number of carbonyl (C=O) groups excluding carboxylic acids is 1. The van der Waals surface area contributed by atoms with Crippen molar-refractivity contribution < 1.29 is 14.6 Å². The molecule has 0 spiro atoms. The van der Waals surface area contributed by atoms with Crippen molar-refractivity contribution in [2.24, 2.45) is 0 Å². The second-order valence-electron chi connectivity index (χ2n) is 8.33. The van der Waals surface area contributed by atoms with Crippen molar-refractivity contribution in [3.63, 3.8) is 0 Å². The molecule has 158 valence electrons. The van der Waals surface area contributed by atoms with Gasteiger partial charge in [0.05, 0.1) is 5.60 Å². The first-order valence-corrected chi connectivity index (χ1v) is 11.4. The summed E-state index contributed by atoms with van der Waals surface area (Å²) in [7, 11) is 0. The van der Waals surface area contributed by atoms with Crippen molar-refractivity contribution in [3.05, 3.63) is 94.0 Å². The number of fused-ring (bicyclic) bond motifs is 3. The number of amides is 1. The van der Waals surface area contributed by atoms with Crippen LogP contribution in [0.3, 0.4) is 0 Å². The number of nitrogens with zero attached hydrogens (tertiary/aromatic N) is 1. The molecule has 0 aromatic heterocycles. The van der Waals surface area contributed by atoms with Crippen molar-refractivity contribution >= 4 is 22.0 Å². The Balaban J connectivity index is 1.24. The second-order valence-corrected chi connectivity index (χ2v) is 9.25. The lowest BCUT2D eigenvalue weighted by atomic mass is 9.84. The van der Waals surface area contributed by atoms with E-state index in [-0.39, 0.29) is 12.0 Å². The number of hydrogen-bond acceptors (Lipinski definition) is 3. The van der Waals surface area contributed by atoms with E-state index in [0.717, 1.165) is 10.0 Å². The highest BCUT2D eigenvalue weighted by Gasteiger charge is 2.36. The third-order valence-electron chi connectivity index (χ3n) is 6.57. The van der Waals surface area contributed by atoms with Gasteiger partial charge < -0.3 is 14.7 Å². The van der Waals surface area contributed by atoms with Crippen LogP contribution < -0.4 is 0 Å². The minimum Gasteiger partial charge on any atom is -0.448 e. The number of halogens is 1. The molecular formula is C26H24BrNO3. The molecule has 0 radical (unpaired) electrons. The fraction of sp³-hybridized carbons (Fsp3) is 0.269. The summed E-state index contributed by atoms with van der Waals surface area (Å²) in [5.41, 5.74) is 4.84. The maximum atomic E-state index is 12.8. The Morgan fingerprint density at radius 3 is 2.06 bits per heavy atom. The molecule has 1 aliphatic carbocycles. The van der Waals surface area contributed by atoms with Gasteiger partial charge in [0, 0.05) is 23.5 Å². The first-order valence-electron chi connectivity index (χ1n) is 10.6. The maximum Gasteiger partial charge on any atom is 0.409 e. The largest absolute Gasteiger partial charge is 0.448 e. The highest BCUT2D eigenvalue weighted by Crippen LogP contribution is 2.44. The number of carbonyl (C=O) groups is 1. The summed E-state index contributed by atoms with van der Waals surface area (Å²) in [6.45, 7) is 1.27. The molecule has 1 saturated heterocycles. The summed E-state index contributed by atoms with van der Waals surface area (Å²) in [6.07, 6.45) is 0.692. The van der Waals surface area contributed by atoms with E-state index in [9.17, 15) is 9.90 Å². The molecule has 0 atom stereocenters. The fourth-order valence-electron chi connectivity index (χ4n) is 4.79. The lowest BCUT2D eigenvalue weighted by Crippen LogP contribution is -2.45. The van der Waals surface area contributed by atoms with E-state index in [1.54, 1.807) is 4.90 Å². The van der Waals surface area contributed by atoms with Gasteiger partial charge in [-0.15, -0.1) is 0 Å². The van der Waals surface area contributed by atoms with Gasteiger partial charge in [-0.25, -0.2) is 4.79 Å². The molecule has 0 bridgehead atoms. The highest BCUT2D eigenvalue weighted by atomic mass is 79.9.